The van der Waals surface area contributed by atoms with E-state index >= 15 is 0 Å². The maximum absolute atomic E-state index is 12.5. The number of imidazole rings is 1. The van der Waals surface area contributed by atoms with Crippen molar-refractivity contribution in [2.45, 2.75) is 32.2 Å². The van der Waals surface area contributed by atoms with Crippen LogP contribution in [0.4, 0.5) is 0 Å². The Morgan fingerprint density at radius 1 is 1.45 bits per heavy atom. The van der Waals surface area contributed by atoms with Crippen molar-refractivity contribution in [3.8, 4) is 0 Å². The fourth-order valence-electron chi connectivity index (χ4n) is 3.06. The fourth-order valence-corrected chi connectivity index (χ4v) is 3.26. The number of nitrogens with zero attached hydrogens (tertiary/aromatic N) is 3. The second kappa shape index (κ2) is 6.53. The van der Waals surface area contributed by atoms with E-state index in [2.05, 4.69) is 11.1 Å². The second-order valence-corrected chi connectivity index (χ2v) is 6.14. The topological polar surface area (TPSA) is 38.1 Å². The molecular weight excluding hydrogens is 298 g/mol. The van der Waals surface area contributed by atoms with Gasteiger partial charge in [-0.25, -0.2) is 4.98 Å². The molecule has 0 N–H and O–H groups in total. The zero-order chi connectivity index (χ0) is 15.5. The molecule has 1 aliphatic heterocycles. The van der Waals surface area contributed by atoms with Crippen molar-refractivity contribution in [3.63, 3.8) is 0 Å². The van der Waals surface area contributed by atoms with Crippen LogP contribution in [0.3, 0.4) is 0 Å². The minimum atomic E-state index is 0.164. The minimum Gasteiger partial charge on any atom is -0.341 e. The Morgan fingerprint density at radius 3 is 3.09 bits per heavy atom. The highest BCUT2D eigenvalue weighted by Gasteiger charge is 2.27. The average Bonchev–Trinajstić information content (AvgIpc) is 3.16. The maximum atomic E-state index is 12.5. The highest BCUT2D eigenvalue weighted by molar-refractivity contribution is 6.30. The Balaban J connectivity index is 1.64. The molecule has 116 valence electrons. The van der Waals surface area contributed by atoms with Crippen LogP contribution < -0.4 is 0 Å². The quantitative estimate of drug-likeness (QED) is 0.869. The van der Waals surface area contributed by atoms with E-state index < -0.39 is 0 Å². The lowest BCUT2D eigenvalue weighted by Crippen LogP contribution is -2.32. The van der Waals surface area contributed by atoms with Crippen LogP contribution in [-0.4, -0.2) is 33.4 Å². The Bertz CT molecular complexity index is 667. The van der Waals surface area contributed by atoms with Crippen molar-refractivity contribution in [2.75, 3.05) is 13.1 Å². The number of rotatable bonds is 4. The van der Waals surface area contributed by atoms with Crippen molar-refractivity contribution in [1.82, 2.24) is 14.5 Å². The highest BCUT2D eigenvalue weighted by Crippen LogP contribution is 2.28. The number of carbonyl (C=O) groups excluding carboxylic acids is 1. The van der Waals surface area contributed by atoms with Crippen molar-refractivity contribution in [2.24, 2.45) is 0 Å². The number of halogens is 1. The minimum absolute atomic E-state index is 0.164. The van der Waals surface area contributed by atoms with E-state index in [-0.39, 0.29) is 5.91 Å². The normalized spacial score (nSPS) is 17.9. The van der Waals surface area contributed by atoms with E-state index in [1.54, 1.807) is 6.20 Å². The first-order valence-electron chi connectivity index (χ1n) is 7.70. The Morgan fingerprint density at radius 2 is 2.32 bits per heavy atom. The molecule has 0 bridgehead atoms. The zero-order valence-corrected chi connectivity index (χ0v) is 13.5. The van der Waals surface area contributed by atoms with Crippen molar-refractivity contribution >= 4 is 17.5 Å². The van der Waals surface area contributed by atoms with Gasteiger partial charge in [0.05, 0.1) is 0 Å². The molecule has 1 unspecified atom stereocenters. The summed E-state index contributed by atoms with van der Waals surface area (Å²) >= 11 is 6.06. The molecule has 3 rings (SSSR count). The Hall–Kier alpha value is -1.81. The van der Waals surface area contributed by atoms with E-state index in [1.165, 1.54) is 5.56 Å². The number of aromatic nitrogens is 2. The van der Waals surface area contributed by atoms with Gasteiger partial charge in [0.25, 0.3) is 0 Å². The van der Waals surface area contributed by atoms with Crippen LogP contribution in [0.1, 0.15) is 30.7 Å². The number of aryl methyl sites for hydroxylation is 1. The molecule has 1 saturated heterocycles. The summed E-state index contributed by atoms with van der Waals surface area (Å²) in [5.41, 5.74) is 1.22. The summed E-state index contributed by atoms with van der Waals surface area (Å²) in [5.74, 6) is 1.51. The molecule has 1 amide bonds. The molecule has 2 heterocycles. The molecule has 1 aliphatic rings. The third-order valence-electron chi connectivity index (χ3n) is 4.28. The first-order valence-corrected chi connectivity index (χ1v) is 8.08. The summed E-state index contributed by atoms with van der Waals surface area (Å²) < 4.78 is 1.94. The molecule has 0 aliphatic carbocycles. The van der Waals surface area contributed by atoms with Crippen molar-refractivity contribution in [1.29, 1.82) is 0 Å². The molecule has 1 atom stereocenters. The van der Waals surface area contributed by atoms with Crippen LogP contribution in [0, 0.1) is 0 Å². The number of amides is 1. The Labute approximate surface area is 135 Å². The van der Waals surface area contributed by atoms with Crippen LogP contribution in [-0.2, 0) is 17.8 Å². The van der Waals surface area contributed by atoms with Gasteiger partial charge in [0, 0.05) is 42.8 Å². The molecule has 0 spiro atoms. The predicted molar refractivity (Wildman–Crippen MR) is 87.0 cm³/mol. The smallest absolute Gasteiger partial charge is 0.242 e. The summed E-state index contributed by atoms with van der Waals surface area (Å²) in [6.45, 7) is 4.02. The third kappa shape index (κ3) is 3.17. The summed E-state index contributed by atoms with van der Waals surface area (Å²) in [6, 6.07) is 7.95. The molecule has 22 heavy (non-hydrogen) atoms. The molecule has 2 aromatic rings. The van der Waals surface area contributed by atoms with Crippen LogP contribution in [0.5, 0.6) is 0 Å². The van der Waals surface area contributed by atoms with Crippen LogP contribution >= 0.6 is 11.6 Å². The first-order chi connectivity index (χ1) is 10.7. The lowest BCUT2D eigenvalue weighted by atomic mass is 9.99. The van der Waals surface area contributed by atoms with E-state index in [9.17, 15) is 4.79 Å². The van der Waals surface area contributed by atoms with Gasteiger partial charge in [0.2, 0.25) is 5.91 Å². The van der Waals surface area contributed by atoms with E-state index in [4.69, 9.17) is 11.6 Å². The number of carbonyl (C=O) groups is 1. The molecule has 1 aromatic carbocycles. The molecule has 4 nitrogen and oxygen atoms in total. The van der Waals surface area contributed by atoms with E-state index in [0.717, 1.165) is 36.8 Å². The number of likely N-dealkylation sites (tertiary alicyclic amines) is 1. The average molecular weight is 318 g/mol. The maximum Gasteiger partial charge on any atom is 0.242 e. The van der Waals surface area contributed by atoms with Crippen LogP contribution in [0.2, 0.25) is 5.02 Å². The number of benzene rings is 1. The third-order valence-corrected chi connectivity index (χ3v) is 4.52. The molecular formula is C17H20ClN3O. The van der Waals surface area contributed by atoms with Gasteiger partial charge in [-0.1, -0.05) is 30.7 Å². The van der Waals surface area contributed by atoms with Gasteiger partial charge in [0.15, 0.2) is 0 Å². The monoisotopic (exact) mass is 317 g/mol. The fraction of sp³-hybridized carbons (Fsp3) is 0.412. The van der Waals surface area contributed by atoms with Gasteiger partial charge < -0.3 is 9.47 Å². The number of hydrogen-bond acceptors (Lipinski definition) is 2. The highest BCUT2D eigenvalue weighted by atomic mass is 35.5. The number of hydrogen-bond donors (Lipinski definition) is 0. The van der Waals surface area contributed by atoms with Gasteiger partial charge in [-0.2, -0.15) is 0 Å². The molecule has 5 heteroatoms. The lowest BCUT2D eigenvalue weighted by Gasteiger charge is -2.18. The summed E-state index contributed by atoms with van der Waals surface area (Å²) in [7, 11) is 0. The van der Waals surface area contributed by atoms with Crippen molar-refractivity contribution < 1.29 is 4.79 Å². The summed E-state index contributed by atoms with van der Waals surface area (Å²) in [4.78, 5) is 18.7. The van der Waals surface area contributed by atoms with Gasteiger partial charge in [0.1, 0.15) is 12.4 Å². The second-order valence-electron chi connectivity index (χ2n) is 5.71. The Kier molecular flexibility index (Phi) is 4.48. The van der Waals surface area contributed by atoms with Gasteiger partial charge in [-0.15, -0.1) is 0 Å². The molecule has 0 radical (unpaired) electrons. The van der Waals surface area contributed by atoms with Gasteiger partial charge in [-0.3, -0.25) is 4.79 Å². The van der Waals surface area contributed by atoms with E-state index in [0.29, 0.717) is 12.5 Å². The SMILES string of the molecule is CCc1nccn1CC(=O)N1CCC(c2cccc(Cl)c2)C1. The van der Waals surface area contributed by atoms with E-state index in [1.807, 2.05) is 40.8 Å². The van der Waals surface area contributed by atoms with Crippen LogP contribution in [0.15, 0.2) is 36.7 Å². The van der Waals surface area contributed by atoms with Gasteiger partial charge in [-0.05, 0) is 24.1 Å². The molecule has 1 aromatic heterocycles. The zero-order valence-electron chi connectivity index (χ0n) is 12.7. The molecule has 0 saturated carbocycles. The first kappa shape index (κ1) is 15.1. The largest absolute Gasteiger partial charge is 0.341 e. The van der Waals surface area contributed by atoms with Crippen LogP contribution in [0.25, 0.3) is 0 Å². The van der Waals surface area contributed by atoms with Crippen molar-refractivity contribution in [3.05, 3.63) is 53.1 Å². The standard InChI is InChI=1S/C17H20ClN3O/c1-2-16-19-7-9-20(16)12-17(22)21-8-6-14(11-21)13-4-3-5-15(18)10-13/h3-5,7,9-10,14H,2,6,8,11-12H2,1H3. The van der Waals surface area contributed by atoms with Gasteiger partial charge >= 0.3 is 0 Å². The summed E-state index contributed by atoms with van der Waals surface area (Å²) in [6.07, 6.45) is 5.47. The molecule has 1 fully saturated rings. The summed E-state index contributed by atoms with van der Waals surface area (Å²) in [5, 5.41) is 0.758. The predicted octanol–water partition coefficient (Wildman–Crippen LogP) is 3.12. The lowest BCUT2D eigenvalue weighted by molar-refractivity contribution is -0.130.